The van der Waals surface area contributed by atoms with Crippen molar-refractivity contribution in [3.05, 3.63) is 23.8 Å². The first-order valence-corrected chi connectivity index (χ1v) is 6.59. The summed E-state index contributed by atoms with van der Waals surface area (Å²) in [5, 5.41) is 8.83. The lowest BCUT2D eigenvalue weighted by atomic mass is 10.1. The Balaban J connectivity index is 2.10. The van der Waals surface area contributed by atoms with Crippen LogP contribution in [0.2, 0.25) is 0 Å². The molecule has 0 atom stereocenters. The number of carboxylic acid groups (broad SMARTS) is 1. The largest absolute Gasteiger partial charge is 0.477 e. The molecule has 1 N–H and O–H groups in total. The molecule has 1 aliphatic rings. The molecule has 1 aromatic rings. The lowest BCUT2D eigenvalue weighted by Crippen LogP contribution is -2.13. The van der Waals surface area contributed by atoms with E-state index in [1.54, 1.807) is 0 Å². The van der Waals surface area contributed by atoms with E-state index < -0.39 is 5.97 Å². The smallest absolute Gasteiger partial charge is 0.354 e. The number of rotatable bonds is 5. The highest BCUT2D eigenvalue weighted by molar-refractivity contribution is 7.98. The van der Waals surface area contributed by atoms with Gasteiger partial charge >= 0.3 is 5.97 Å². The molecule has 1 aliphatic carbocycles. The summed E-state index contributed by atoms with van der Waals surface area (Å²) in [6.07, 6.45) is 6.83. The van der Waals surface area contributed by atoms with Crippen LogP contribution in [0.5, 0.6) is 0 Å². The molecule has 4 nitrogen and oxygen atoms in total. The van der Waals surface area contributed by atoms with Crippen molar-refractivity contribution in [2.24, 2.45) is 5.41 Å². The highest BCUT2D eigenvalue weighted by atomic mass is 32.2. The van der Waals surface area contributed by atoms with Crippen LogP contribution < -0.4 is 0 Å². The second-order valence-electron chi connectivity index (χ2n) is 4.27. The fraction of sp³-hybridized carbons (Fsp3) is 0.545. The Morgan fingerprint density at radius 3 is 2.94 bits per heavy atom. The number of carboxylic acids is 1. The zero-order chi connectivity index (χ0) is 11.6. The molecular weight excluding hydrogens is 224 g/mol. The fourth-order valence-electron chi connectivity index (χ4n) is 1.79. The van der Waals surface area contributed by atoms with Gasteiger partial charge in [0.25, 0.3) is 0 Å². The Morgan fingerprint density at radius 2 is 2.38 bits per heavy atom. The minimum atomic E-state index is -0.988. The van der Waals surface area contributed by atoms with E-state index in [4.69, 9.17) is 5.11 Å². The van der Waals surface area contributed by atoms with Crippen LogP contribution in [0.3, 0.4) is 0 Å². The van der Waals surface area contributed by atoms with Gasteiger partial charge in [-0.1, -0.05) is 0 Å². The molecular formula is C11H14N2O2S. The van der Waals surface area contributed by atoms with E-state index in [9.17, 15) is 4.79 Å². The van der Waals surface area contributed by atoms with Crippen molar-refractivity contribution < 1.29 is 9.90 Å². The summed E-state index contributed by atoms with van der Waals surface area (Å²) in [5.41, 5.74) is 0.418. The van der Waals surface area contributed by atoms with E-state index in [-0.39, 0.29) is 5.69 Å². The molecule has 0 saturated heterocycles. The van der Waals surface area contributed by atoms with Gasteiger partial charge in [-0.15, -0.1) is 0 Å². The molecule has 0 aliphatic heterocycles. The van der Waals surface area contributed by atoms with Gasteiger partial charge in [-0.25, -0.2) is 14.8 Å². The number of carbonyl (C=O) groups is 1. The maximum absolute atomic E-state index is 10.8. The molecule has 16 heavy (non-hydrogen) atoms. The molecule has 1 fully saturated rings. The van der Waals surface area contributed by atoms with Gasteiger partial charge in [0, 0.05) is 12.6 Å². The molecule has 5 heteroatoms. The van der Waals surface area contributed by atoms with Crippen molar-refractivity contribution in [1.29, 1.82) is 0 Å². The SMILES string of the molecule is CSCC1(Cc2nccc(C(=O)O)n2)CC1. The maximum Gasteiger partial charge on any atom is 0.354 e. The first-order valence-electron chi connectivity index (χ1n) is 5.19. The standard InChI is InChI=1S/C11H14N2O2S/c1-16-7-11(3-4-11)6-9-12-5-2-8(13-9)10(14)15/h2,5H,3-4,6-7H2,1H3,(H,14,15). The van der Waals surface area contributed by atoms with E-state index in [1.807, 2.05) is 11.8 Å². The quantitative estimate of drug-likeness (QED) is 0.848. The third-order valence-electron chi connectivity index (χ3n) is 2.87. The molecule has 0 spiro atoms. The molecule has 0 bridgehead atoms. The third-order valence-corrected chi connectivity index (χ3v) is 3.77. The van der Waals surface area contributed by atoms with E-state index in [1.165, 1.54) is 25.1 Å². The number of hydrogen-bond donors (Lipinski definition) is 1. The molecule has 0 radical (unpaired) electrons. The third kappa shape index (κ3) is 2.52. The topological polar surface area (TPSA) is 63.1 Å². The van der Waals surface area contributed by atoms with Crippen molar-refractivity contribution in [3.8, 4) is 0 Å². The number of hydrogen-bond acceptors (Lipinski definition) is 4. The summed E-state index contributed by atoms with van der Waals surface area (Å²) in [5.74, 6) is 0.776. The van der Waals surface area contributed by atoms with E-state index >= 15 is 0 Å². The summed E-state index contributed by atoms with van der Waals surface area (Å²) >= 11 is 1.83. The maximum atomic E-state index is 10.8. The molecule has 0 amide bonds. The number of nitrogens with zero attached hydrogens (tertiary/aromatic N) is 2. The van der Waals surface area contributed by atoms with Gasteiger partial charge in [0.05, 0.1) is 0 Å². The predicted octanol–water partition coefficient (Wildman–Crippen LogP) is 1.86. The van der Waals surface area contributed by atoms with Crippen molar-refractivity contribution in [2.75, 3.05) is 12.0 Å². The second-order valence-corrected chi connectivity index (χ2v) is 5.14. The number of thioether (sulfide) groups is 1. The second kappa shape index (κ2) is 4.41. The van der Waals surface area contributed by atoms with Crippen LogP contribution in [0.25, 0.3) is 0 Å². The Morgan fingerprint density at radius 1 is 1.62 bits per heavy atom. The summed E-state index contributed by atoms with van der Waals surface area (Å²) in [4.78, 5) is 19.0. The van der Waals surface area contributed by atoms with Gasteiger partial charge in [-0.3, -0.25) is 0 Å². The molecule has 2 rings (SSSR count). The molecule has 1 aromatic heterocycles. The predicted molar refractivity (Wildman–Crippen MR) is 62.7 cm³/mol. The minimum absolute atomic E-state index is 0.0879. The average Bonchev–Trinajstić information content (AvgIpc) is 2.99. The van der Waals surface area contributed by atoms with Crippen LogP contribution in [-0.4, -0.2) is 33.1 Å². The molecule has 0 unspecified atom stereocenters. The molecule has 86 valence electrons. The Kier molecular flexibility index (Phi) is 3.14. The summed E-state index contributed by atoms with van der Waals surface area (Å²) in [6, 6.07) is 1.43. The van der Waals surface area contributed by atoms with E-state index in [0.717, 1.165) is 12.2 Å². The van der Waals surface area contributed by atoms with E-state index in [0.29, 0.717) is 11.2 Å². The lowest BCUT2D eigenvalue weighted by molar-refractivity contribution is 0.0689. The van der Waals surface area contributed by atoms with Crippen LogP contribution in [0, 0.1) is 5.41 Å². The van der Waals surface area contributed by atoms with Crippen LogP contribution in [0.1, 0.15) is 29.2 Å². The van der Waals surface area contributed by atoms with Crippen molar-refractivity contribution in [1.82, 2.24) is 9.97 Å². The van der Waals surface area contributed by atoms with Gasteiger partial charge in [0.15, 0.2) is 5.69 Å². The van der Waals surface area contributed by atoms with Crippen LogP contribution in [-0.2, 0) is 6.42 Å². The summed E-state index contributed by atoms with van der Waals surface area (Å²) < 4.78 is 0. The first kappa shape index (κ1) is 11.4. The highest BCUT2D eigenvalue weighted by Crippen LogP contribution is 2.49. The van der Waals surface area contributed by atoms with Crippen LogP contribution >= 0.6 is 11.8 Å². The Labute approximate surface area is 98.5 Å². The van der Waals surface area contributed by atoms with Gasteiger partial charge in [0.2, 0.25) is 0 Å². The van der Waals surface area contributed by atoms with Crippen molar-refractivity contribution in [3.63, 3.8) is 0 Å². The van der Waals surface area contributed by atoms with Crippen LogP contribution in [0.15, 0.2) is 12.3 Å². The summed E-state index contributed by atoms with van der Waals surface area (Å²) in [6.45, 7) is 0. The van der Waals surface area contributed by atoms with Gasteiger partial charge < -0.3 is 5.11 Å². The van der Waals surface area contributed by atoms with Gasteiger partial charge in [-0.2, -0.15) is 11.8 Å². The normalized spacial score (nSPS) is 17.1. The zero-order valence-corrected chi connectivity index (χ0v) is 9.96. The van der Waals surface area contributed by atoms with Crippen molar-refractivity contribution >= 4 is 17.7 Å². The van der Waals surface area contributed by atoms with Crippen LogP contribution in [0.4, 0.5) is 0 Å². The first-order chi connectivity index (χ1) is 7.65. The number of aromatic nitrogens is 2. The average molecular weight is 238 g/mol. The zero-order valence-electron chi connectivity index (χ0n) is 9.14. The van der Waals surface area contributed by atoms with Gasteiger partial charge in [0.1, 0.15) is 5.82 Å². The lowest BCUT2D eigenvalue weighted by Gasteiger charge is -2.11. The molecule has 1 heterocycles. The van der Waals surface area contributed by atoms with Crippen molar-refractivity contribution in [2.45, 2.75) is 19.3 Å². The Bertz CT molecular complexity index is 405. The fourth-order valence-corrected chi connectivity index (χ4v) is 2.80. The molecule has 0 aromatic carbocycles. The van der Waals surface area contributed by atoms with E-state index in [2.05, 4.69) is 16.2 Å². The highest BCUT2D eigenvalue weighted by Gasteiger charge is 2.42. The monoisotopic (exact) mass is 238 g/mol. The summed E-state index contributed by atoms with van der Waals surface area (Å²) in [7, 11) is 0. The Hall–Kier alpha value is -1.10. The minimum Gasteiger partial charge on any atom is -0.477 e. The molecule has 1 saturated carbocycles. The number of aromatic carboxylic acids is 1. The van der Waals surface area contributed by atoms with Gasteiger partial charge in [-0.05, 0) is 36.3 Å².